The van der Waals surface area contributed by atoms with Gasteiger partial charge in [0.25, 0.3) is 0 Å². The number of hydrogen-bond acceptors (Lipinski definition) is 7. The number of hydrogen-bond donors (Lipinski definition) is 1. The van der Waals surface area contributed by atoms with Crippen LogP contribution in [0.2, 0.25) is 0 Å². The predicted octanol–water partition coefficient (Wildman–Crippen LogP) is 1.53. The third-order valence-corrected chi connectivity index (χ3v) is 3.03. The normalized spacial score (nSPS) is 10.2. The first kappa shape index (κ1) is 14.5. The Bertz CT molecular complexity index is 441. The fraction of sp³-hybridized carbons (Fsp3) is 0.600. The van der Waals surface area contributed by atoms with E-state index in [1.165, 1.54) is 0 Å². The summed E-state index contributed by atoms with van der Waals surface area (Å²) in [6.07, 6.45) is 1.99. The van der Waals surface area contributed by atoms with Crippen molar-refractivity contribution in [3.8, 4) is 0 Å². The van der Waals surface area contributed by atoms with E-state index in [4.69, 9.17) is 0 Å². The molecule has 0 amide bonds. The highest BCUT2D eigenvalue weighted by molar-refractivity contribution is 7.98. The topological polar surface area (TPSA) is 84.2 Å². The van der Waals surface area contributed by atoms with Crippen LogP contribution in [0.4, 0.5) is 17.5 Å². The monoisotopic (exact) mass is 271 g/mol. The Kier molecular flexibility index (Phi) is 5.14. The number of rotatable bonds is 6. The van der Waals surface area contributed by atoms with Gasteiger partial charge in [0, 0.05) is 26.4 Å². The van der Waals surface area contributed by atoms with E-state index in [2.05, 4.69) is 15.3 Å². The third kappa shape index (κ3) is 3.22. The Hall–Kier alpha value is -1.57. The molecule has 8 heteroatoms. The fourth-order valence-corrected chi connectivity index (χ4v) is 1.93. The molecular formula is C10H17N5O2S. The number of nitrogens with one attached hydrogen (secondary N) is 1. The second kappa shape index (κ2) is 6.39. The molecule has 0 radical (unpaired) electrons. The van der Waals surface area contributed by atoms with Crippen LogP contribution in [0.15, 0.2) is 0 Å². The van der Waals surface area contributed by atoms with E-state index in [0.29, 0.717) is 24.0 Å². The smallest absolute Gasteiger partial charge is 0.332 e. The van der Waals surface area contributed by atoms with E-state index < -0.39 is 4.92 Å². The van der Waals surface area contributed by atoms with Gasteiger partial charge in [-0.3, -0.25) is 10.1 Å². The fourth-order valence-electron chi connectivity index (χ4n) is 1.48. The van der Waals surface area contributed by atoms with Crippen molar-refractivity contribution in [3.05, 3.63) is 15.8 Å². The van der Waals surface area contributed by atoms with Gasteiger partial charge in [-0.05, 0) is 13.2 Å². The number of aromatic nitrogens is 2. The minimum absolute atomic E-state index is 0.0300. The maximum absolute atomic E-state index is 11.1. The van der Waals surface area contributed by atoms with Crippen molar-refractivity contribution in [2.45, 2.75) is 6.92 Å². The molecule has 18 heavy (non-hydrogen) atoms. The quantitative estimate of drug-likeness (QED) is 0.620. The Morgan fingerprint density at radius 2 is 2.17 bits per heavy atom. The number of anilines is 2. The molecule has 100 valence electrons. The van der Waals surface area contributed by atoms with Crippen LogP contribution in [0.25, 0.3) is 0 Å². The van der Waals surface area contributed by atoms with E-state index in [-0.39, 0.29) is 5.69 Å². The Balaban J connectivity index is 3.20. The molecule has 0 aromatic carbocycles. The predicted molar refractivity (Wildman–Crippen MR) is 74.6 cm³/mol. The highest BCUT2D eigenvalue weighted by Gasteiger charge is 2.24. The molecule has 0 atom stereocenters. The SMILES string of the molecule is CNc1nc(C)c([N+](=O)[O-])c(N(C)CCSC)n1. The van der Waals surface area contributed by atoms with Crippen molar-refractivity contribution >= 4 is 29.2 Å². The second-order valence-electron chi connectivity index (χ2n) is 3.73. The molecule has 0 bridgehead atoms. The van der Waals surface area contributed by atoms with Gasteiger partial charge < -0.3 is 10.2 Å². The summed E-state index contributed by atoms with van der Waals surface area (Å²) in [5.41, 5.74) is 0.336. The zero-order chi connectivity index (χ0) is 13.7. The molecule has 0 aliphatic heterocycles. The summed E-state index contributed by atoms with van der Waals surface area (Å²) >= 11 is 1.68. The molecule has 1 aromatic heterocycles. The lowest BCUT2D eigenvalue weighted by molar-refractivity contribution is -0.385. The van der Waals surface area contributed by atoms with Crippen LogP contribution >= 0.6 is 11.8 Å². The van der Waals surface area contributed by atoms with Crippen molar-refractivity contribution in [2.24, 2.45) is 0 Å². The van der Waals surface area contributed by atoms with Crippen LogP contribution in [0.1, 0.15) is 5.69 Å². The van der Waals surface area contributed by atoms with Gasteiger partial charge in [-0.1, -0.05) is 0 Å². The molecule has 0 aliphatic carbocycles. The zero-order valence-corrected chi connectivity index (χ0v) is 11.7. The summed E-state index contributed by atoms with van der Waals surface area (Å²) in [5.74, 6) is 1.63. The molecule has 0 saturated heterocycles. The van der Waals surface area contributed by atoms with Gasteiger partial charge in [0.15, 0.2) is 0 Å². The van der Waals surface area contributed by atoms with Crippen molar-refractivity contribution < 1.29 is 4.92 Å². The first-order valence-electron chi connectivity index (χ1n) is 5.42. The van der Waals surface area contributed by atoms with Crippen LogP contribution in [0.5, 0.6) is 0 Å². The average molecular weight is 271 g/mol. The lowest BCUT2D eigenvalue weighted by Gasteiger charge is -2.18. The van der Waals surface area contributed by atoms with Crippen LogP contribution in [0.3, 0.4) is 0 Å². The van der Waals surface area contributed by atoms with Crippen LogP contribution in [-0.2, 0) is 0 Å². The lowest BCUT2D eigenvalue weighted by Crippen LogP contribution is -2.23. The summed E-state index contributed by atoms with van der Waals surface area (Å²) in [4.78, 5) is 20.7. The zero-order valence-electron chi connectivity index (χ0n) is 10.9. The van der Waals surface area contributed by atoms with Crippen molar-refractivity contribution in [2.75, 3.05) is 42.9 Å². The summed E-state index contributed by atoms with van der Waals surface area (Å²) in [6, 6.07) is 0. The summed E-state index contributed by atoms with van der Waals surface area (Å²) in [5, 5.41) is 13.9. The Labute approximate surface area is 110 Å². The van der Waals surface area contributed by atoms with Gasteiger partial charge in [-0.2, -0.15) is 16.7 Å². The molecule has 0 saturated carbocycles. The molecule has 1 N–H and O–H groups in total. The lowest BCUT2D eigenvalue weighted by atomic mass is 10.3. The van der Waals surface area contributed by atoms with Gasteiger partial charge in [0.1, 0.15) is 5.69 Å². The highest BCUT2D eigenvalue weighted by Crippen LogP contribution is 2.28. The van der Waals surface area contributed by atoms with E-state index in [0.717, 1.165) is 5.75 Å². The number of aryl methyl sites for hydroxylation is 1. The summed E-state index contributed by atoms with van der Waals surface area (Å²) < 4.78 is 0. The largest absolute Gasteiger partial charge is 0.357 e. The van der Waals surface area contributed by atoms with E-state index >= 15 is 0 Å². The second-order valence-corrected chi connectivity index (χ2v) is 4.71. The molecule has 0 spiro atoms. The standard InChI is InChI=1S/C10H17N5O2S/c1-7-8(15(16)17)9(13-10(11-2)12-7)14(3)5-6-18-4/h5-6H2,1-4H3,(H,11,12,13). The minimum atomic E-state index is -0.431. The van der Waals surface area contributed by atoms with E-state index in [9.17, 15) is 10.1 Å². The first-order chi connectivity index (χ1) is 8.51. The summed E-state index contributed by atoms with van der Waals surface area (Å²) in [7, 11) is 3.48. The van der Waals surface area contributed by atoms with E-state index in [1.54, 1.807) is 37.7 Å². The minimum Gasteiger partial charge on any atom is -0.357 e. The molecule has 0 fully saturated rings. The number of nitro groups is 1. The van der Waals surface area contributed by atoms with Crippen LogP contribution < -0.4 is 10.2 Å². The van der Waals surface area contributed by atoms with Crippen LogP contribution in [-0.4, -0.2) is 47.5 Å². The molecule has 0 unspecified atom stereocenters. The summed E-state index contributed by atoms with van der Waals surface area (Å²) in [6.45, 7) is 2.31. The molecule has 1 aromatic rings. The average Bonchev–Trinajstić information content (AvgIpc) is 2.34. The highest BCUT2D eigenvalue weighted by atomic mass is 32.2. The van der Waals surface area contributed by atoms with Gasteiger partial charge >= 0.3 is 5.69 Å². The van der Waals surface area contributed by atoms with Crippen molar-refractivity contribution in [1.29, 1.82) is 0 Å². The Morgan fingerprint density at radius 3 is 2.67 bits per heavy atom. The Morgan fingerprint density at radius 1 is 1.50 bits per heavy atom. The van der Waals surface area contributed by atoms with Crippen molar-refractivity contribution in [1.82, 2.24) is 9.97 Å². The molecule has 7 nitrogen and oxygen atoms in total. The first-order valence-corrected chi connectivity index (χ1v) is 6.81. The number of nitrogens with zero attached hydrogens (tertiary/aromatic N) is 4. The van der Waals surface area contributed by atoms with Gasteiger partial charge in [0.05, 0.1) is 4.92 Å². The molecule has 0 aliphatic rings. The van der Waals surface area contributed by atoms with Gasteiger partial charge in [0.2, 0.25) is 11.8 Å². The van der Waals surface area contributed by atoms with E-state index in [1.807, 2.05) is 6.26 Å². The van der Waals surface area contributed by atoms with Crippen LogP contribution in [0, 0.1) is 17.0 Å². The van der Waals surface area contributed by atoms with Crippen molar-refractivity contribution in [3.63, 3.8) is 0 Å². The number of thioether (sulfide) groups is 1. The third-order valence-electron chi connectivity index (χ3n) is 2.44. The van der Waals surface area contributed by atoms with Gasteiger partial charge in [-0.25, -0.2) is 4.98 Å². The van der Waals surface area contributed by atoms with Gasteiger partial charge in [-0.15, -0.1) is 0 Å². The molecular weight excluding hydrogens is 254 g/mol. The maximum Gasteiger partial charge on any atom is 0.332 e. The molecule has 1 heterocycles. The molecule has 1 rings (SSSR count). The maximum atomic E-state index is 11.1.